The Morgan fingerprint density at radius 3 is 2.47 bits per heavy atom. The summed E-state index contributed by atoms with van der Waals surface area (Å²) < 4.78 is 0. The van der Waals surface area contributed by atoms with Gasteiger partial charge in [-0.3, -0.25) is 4.98 Å². The van der Waals surface area contributed by atoms with Crippen LogP contribution in [-0.4, -0.2) is 4.98 Å². The molecule has 0 spiro atoms. The van der Waals surface area contributed by atoms with E-state index in [4.69, 9.17) is 16.8 Å². The molecule has 0 aliphatic heterocycles. The summed E-state index contributed by atoms with van der Waals surface area (Å²) in [5.74, 6) is 0. The molecule has 72 valence electrons. The van der Waals surface area contributed by atoms with Crippen LogP contribution in [-0.2, 0) is 19.5 Å². The van der Waals surface area contributed by atoms with Crippen molar-refractivity contribution in [1.29, 1.82) is 5.53 Å². The van der Waals surface area contributed by atoms with Crippen molar-refractivity contribution in [2.45, 2.75) is 0 Å². The van der Waals surface area contributed by atoms with Gasteiger partial charge in [-0.2, -0.15) is 0 Å². The maximum absolute atomic E-state index is 6.86. The Kier molecular flexibility index (Phi) is 6.03. The fourth-order valence-corrected chi connectivity index (χ4v) is 1.13. The van der Waals surface area contributed by atoms with Crippen LogP contribution in [0.4, 0.5) is 5.69 Å². The average Bonchev–Trinajstić information content (AvgIpc) is 2.20. The second kappa shape index (κ2) is 6.76. The van der Waals surface area contributed by atoms with Crippen LogP contribution in [0.5, 0.6) is 0 Å². The molecule has 0 saturated carbocycles. The first-order valence-corrected chi connectivity index (χ1v) is 3.89. The van der Waals surface area contributed by atoms with Crippen LogP contribution in [0.25, 0.3) is 21.3 Å². The second-order valence-corrected chi connectivity index (χ2v) is 2.52. The third-order valence-corrected chi connectivity index (χ3v) is 1.66. The number of para-hydroxylation sites is 1. The minimum absolute atomic E-state index is 0. The number of nitrogen functional groups attached to an aromatic ring is 1. The molecule has 2 rings (SSSR count). The average molecular weight is 253 g/mol. The number of nitrogens with zero attached hydrogens (tertiary/aromatic N) is 3. The van der Waals surface area contributed by atoms with E-state index in [-0.39, 0.29) is 19.5 Å². The quantitative estimate of drug-likeness (QED) is 0.248. The molecule has 1 heterocycles. The van der Waals surface area contributed by atoms with Crippen LogP contribution in [0.15, 0.2) is 36.5 Å². The van der Waals surface area contributed by atoms with Crippen LogP contribution in [0.2, 0.25) is 0 Å². The summed E-state index contributed by atoms with van der Waals surface area (Å²) in [6.07, 6.45) is 1.75. The number of benzene rings is 1. The molecule has 0 saturated heterocycles. The van der Waals surface area contributed by atoms with Gasteiger partial charge in [0.25, 0.3) is 0 Å². The van der Waals surface area contributed by atoms with E-state index in [1.165, 1.54) is 0 Å². The van der Waals surface area contributed by atoms with Gasteiger partial charge in [0.2, 0.25) is 0 Å². The van der Waals surface area contributed by atoms with Crippen LogP contribution in [0, 0.1) is 5.53 Å². The van der Waals surface area contributed by atoms with Gasteiger partial charge in [-0.05, 0) is 22.6 Å². The molecule has 0 atom stereocenters. The number of nitrogens with two attached hydrogens (primary N) is 1. The van der Waals surface area contributed by atoms with Crippen LogP contribution in [0.3, 0.4) is 0 Å². The first kappa shape index (κ1) is 13.4. The number of hydrogen-bond acceptors (Lipinski definition) is 3. The molecule has 15 heavy (non-hydrogen) atoms. The number of pyridine rings is 1. The third-order valence-electron chi connectivity index (χ3n) is 1.66. The van der Waals surface area contributed by atoms with Crippen molar-refractivity contribution in [1.82, 2.24) is 4.98 Å². The van der Waals surface area contributed by atoms with Crippen molar-refractivity contribution < 1.29 is 19.5 Å². The number of aromatic nitrogens is 1. The maximum atomic E-state index is 6.86. The molecular weight excluding hydrogens is 244 g/mol. The van der Waals surface area contributed by atoms with E-state index < -0.39 is 0 Å². The van der Waals surface area contributed by atoms with Gasteiger partial charge in [0.1, 0.15) is 0 Å². The number of anilines is 1. The normalized spacial score (nSPS) is 8.00. The molecule has 0 fully saturated rings. The van der Waals surface area contributed by atoms with E-state index in [0.717, 1.165) is 16.6 Å². The first-order chi connectivity index (χ1) is 6.79. The Balaban J connectivity index is 0.000000443. The molecule has 3 N–H and O–H groups in total. The topological polar surface area (TPSA) is 99.2 Å². The minimum atomic E-state index is 0. The molecule has 2 aromatic rings. The number of fused-ring (bicyclic) bond motifs is 1. The zero-order valence-electron chi connectivity index (χ0n) is 8.09. The molecule has 0 bridgehead atoms. The van der Waals surface area contributed by atoms with Gasteiger partial charge >= 0.3 is 0 Å². The molecule has 0 aliphatic carbocycles. The Morgan fingerprint density at radius 1 is 1.27 bits per heavy atom. The van der Waals surface area contributed by atoms with E-state index in [1.807, 2.05) is 30.3 Å². The van der Waals surface area contributed by atoms with Gasteiger partial charge in [0.15, 0.2) is 0 Å². The van der Waals surface area contributed by atoms with Crippen LogP contribution < -0.4 is 5.73 Å². The Hall–Kier alpha value is -1.64. The van der Waals surface area contributed by atoms with E-state index in [2.05, 4.69) is 4.98 Å². The Labute approximate surface area is 99.5 Å². The van der Waals surface area contributed by atoms with Gasteiger partial charge < -0.3 is 5.73 Å². The van der Waals surface area contributed by atoms with Crippen molar-refractivity contribution in [3.63, 3.8) is 0 Å². The maximum Gasteiger partial charge on any atom is 0.0931 e. The first-order valence-electron chi connectivity index (χ1n) is 3.89. The SMILES string of the molecule is Nc1cccc2cccnc12.[N-]=[N+]=N.[Zn]. The number of hydrogen-bond donors (Lipinski definition) is 2. The van der Waals surface area contributed by atoms with E-state index in [1.54, 1.807) is 11.1 Å². The fraction of sp³-hybridized carbons (Fsp3) is 0. The zero-order valence-corrected chi connectivity index (χ0v) is 11.1. The van der Waals surface area contributed by atoms with E-state index in [0.29, 0.717) is 0 Å². The number of nitrogens with one attached hydrogen (secondary N) is 1. The monoisotopic (exact) mass is 251 g/mol. The van der Waals surface area contributed by atoms with Crippen molar-refractivity contribution >= 4 is 16.6 Å². The van der Waals surface area contributed by atoms with E-state index >= 15 is 0 Å². The second-order valence-electron chi connectivity index (χ2n) is 2.52. The summed E-state index contributed by atoms with van der Waals surface area (Å²) >= 11 is 0. The molecule has 6 heteroatoms. The van der Waals surface area contributed by atoms with Gasteiger partial charge in [0.05, 0.1) is 11.2 Å². The largest absolute Gasteiger partial charge is 0.397 e. The molecule has 1 aromatic heterocycles. The molecule has 5 nitrogen and oxygen atoms in total. The molecule has 0 amide bonds. The molecule has 1 aromatic carbocycles. The third kappa shape index (κ3) is 3.54. The Bertz CT molecular complexity index is 460. The van der Waals surface area contributed by atoms with Gasteiger partial charge in [-0.1, -0.05) is 18.2 Å². The zero-order chi connectivity index (χ0) is 10.4. The summed E-state index contributed by atoms with van der Waals surface area (Å²) in [6, 6.07) is 9.69. The van der Waals surface area contributed by atoms with Gasteiger partial charge in [0, 0.05) is 31.1 Å². The summed E-state index contributed by atoms with van der Waals surface area (Å²) in [5.41, 5.74) is 19.6. The van der Waals surface area contributed by atoms with Gasteiger partial charge in [-0.25, -0.2) is 0 Å². The molecular formula is C9H9N5Zn. The molecule has 0 aliphatic rings. The fourth-order valence-electron chi connectivity index (χ4n) is 1.13. The van der Waals surface area contributed by atoms with Crippen molar-refractivity contribution in [2.75, 3.05) is 5.73 Å². The smallest absolute Gasteiger partial charge is 0.0931 e. The summed E-state index contributed by atoms with van der Waals surface area (Å²) in [4.78, 5) is 5.91. The van der Waals surface area contributed by atoms with Crippen molar-refractivity contribution in [2.24, 2.45) is 0 Å². The Morgan fingerprint density at radius 2 is 1.87 bits per heavy atom. The predicted octanol–water partition coefficient (Wildman–Crippen LogP) is 2.69. The number of rotatable bonds is 0. The van der Waals surface area contributed by atoms with Gasteiger partial charge in [-0.15, -0.1) is 5.53 Å². The van der Waals surface area contributed by atoms with Crippen LogP contribution in [0.1, 0.15) is 0 Å². The summed E-state index contributed by atoms with van der Waals surface area (Å²) in [7, 11) is 0. The standard InChI is InChI=1S/C9H8N2.HN3.Zn/c10-8-5-1-3-7-4-2-6-11-9(7)8;1-3-2;/h1-6H,10H2;1H;. The van der Waals surface area contributed by atoms with E-state index in [9.17, 15) is 0 Å². The minimum Gasteiger partial charge on any atom is -0.397 e. The summed E-state index contributed by atoms with van der Waals surface area (Å²) in [5, 5.41) is 1.09. The van der Waals surface area contributed by atoms with Crippen LogP contribution >= 0.6 is 0 Å². The predicted molar refractivity (Wildman–Crippen MR) is 55.6 cm³/mol. The molecule has 0 radical (unpaired) electrons. The summed E-state index contributed by atoms with van der Waals surface area (Å²) in [6.45, 7) is 0. The van der Waals surface area contributed by atoms with Crippen molar-refractivity contribution in [3.8, 4) is 0 Å². The van der Waals surface area contributed by atoms with Crippen molar-refractivity contribution in [3.05, 3.63) is 47.0 Å². The molecule has 0 unspecified atom stereocenters.